The normalized spacial score (nSPS) is 11.2. The van der Waals surface area contributed by atoms with Crippen molar-refractivity contribution in [2.24, 2.45) is 0 Å². The predicted octanol–water partition coefficient (Wildman–Crippen LogP) is 5.47. The summed E-state index contributed by atoms with van der Waals surface area (Å²) < 4.78 is 5.47. The molecule has 2 rings (SSSR count). The van der Waals surface area contributed by atoms with Gasteiger partial charge < -0.3 is 15.2 Å². The molecule has 32 heavy (non-hydrogen) atoms. The largest absolute Gasteiger partial charge is 0.481 e. The fourth-order valence-corrected chi connectivity index (χ4v) is 4.11. The van der Waals surface area contributed by atoms with Gasteiger partial charge in [-0.15, -0.1) is 17.7 Å². The summed E-state index contributed by atoms with van der Waals surface area (Å²) in [6, 6.07) is 12.4. The molecule has 0 aliphatic carbocycles. The van der Waals surface area contributed by atoms with Crippen LogP contribution in [0.5, 0.6) is 5.75 Å². The first kappa shape index (κ1) is 25.9. The molecule has 0 aliphatic heterocycles. The highest BCUT2D eigenvalue weighted by atomic mass is 35.5. The van der Waals surface area contributed by atoms with Gasteiger partial charge in [-0.2, -0.15) is 0 Å². The van der Waals surface area contributed by atoms with Crippen molar-refractivity contribution in [3.05, 3.63) is 58.1 Å². The van der Waals surface area contributed by atoms with E-state index in [2.05, 4.69) is 17.2 Å². The van der Waals surface area contributed by atoms with Crippen LogP contribution in [0.4, 0.5) is 0 Å². The third-order valence-electron chi connectivity index (χ3n) is 4.43. The molecule has 8 heteroatoms. The van der Waals surface area contributed by atoms with E-state index in [0.29, 0.717) is 48.2 Å². The minimum Gasteiger partial charge on any atom is -0.481 e. The molecule has 1 atom stereocenters. The van der Waals surface area contributed by atoms with Gasteiger partial charge in [-0.1, -0.05) is 35.2 Å². The first-order valence-corrected chi connectivity index (χ1v) is 11.7. The third kappa shape index (κ3) is 9.44. The molecule has 0 aliphatic rings. The van der Waals surface area contributed by atoms with E-state index in [1.165, 1.54) is 11.8 Å². The van der Waals surface area contributed by atoms with Crippen LogP contribution in [0.2, 0.25) is 10.0 Å². The number of amides is 1. The molecule has 1 amide bonds. The molecule has 0 fully saturated rings. The van der Waals surface area contributed by atoms with E-state index in [1.807, 2.05) is 24.3 Å². The van der Waals surface area contributed by atoms with Gasteiger partial charge in [0.05, 0.1) is 16.5 Å². The number of aliphatic carboxylic acids is 1. The van der Waals surface area contributed by atoms with E-state index in [4.69, 9.17) is 27.9 Å². The Kier molecular flexibility index (Phi) is 11.3. The molecule has 0 spiro atoms. The van der Waals surface area contributed by atoms with Crippen molar-refractivity contribution >= 4 is 46.8 Å². The number of halogens is 2. The lowest BCUT2D eigenvalue weighted by Gasteiger charge is -2.13. The van der Waals surface area contributed by atoms with E-state index in [0.717, 1.165) is 10.5 Å². The van der Waals surface area contributed by atoms with Crippen LogP contribution in [0.15, 0.2) is 47.4 Å². The lowest BCUT2D eigenvalue weighted by atomic mass is 10.1. The van der Waals surface area contributed by atoms with Crippen LogP contribution in [-0.2, 0) is 16.0 Å². The van der Waals surface area contributed by atoms with E-state index in [-0.39, 0.29) is 12.3 Å². The first-order valence-electron chi connectivity index (χ1n) is 10.1. The van der Waals surface area contributed by atoms with Crippen LogP contribution in [0, 0.1) is 11.8 Å². The van der Waals surface area contributed by atoms with Crippen LogP contribution in [0.25, 0.3) is 0 Å². The molecule has 0 aromatic heterocycles. The smallest absolute Gasteiger partial charge is 0.316 e. The fourth-order valence-electron chi connectivity index (χ4n) is 2.78. The van der Waals surface area contributed by atoms with Crippen LogP contribution in [0.1, 0.15) is 31.7 Å². The molecule has 0 saturated carbocycles. The molecule has 2 aromatic rings. The average Bonchev–Trinajstić information content (AvgIpc) is 2.76. The summed E-state index contributed by atoms with van der Waals surface area (Å²) in [7, 11) is 0. The molecule has 2 N–H and O–H groups in total. The summed E-state index contributed by atoms with van der Waals surface area (Å²) in [5, 5.41) is 12.7. The number of nitrogens with one attached hydrogen (secondary N) is 1. The highest BCUT2D eigenvalue weighted by Gasteiger charge is 2.18. The number of carbonyl (C=O) groups is 2. The molecular weight excluding hydrogens is 469 g/mol. The highest BCUT2D eigenvalue weighted by Crippen LogP contribution is 2.28. The zero-order valence-electron chi connectivity index (χ0n) is 17.7. The summed E-state index contributed by atoms with van der Waals surface area (Å²) in [6.07, 6.45) is 2.11. The topological polar surface area (TPSA) is 75.6 Å². The number of ether oxygens (including phenoxy) is 1. The number of carboxylic acid groups (broad SMARTS) is 1. The van der Waals surface area contributed by atoms with Gasteiger partial charge in [0.25, 0.3) is 0 Å². The SMILES string of the molecule is CC#CCOc1ccc(SC(CCCCNC(=O)Cc2ccc(Cl)c(Cl)c2)C(=O)O)cc1. The van der Waals surface area contributed by atoms with Crippen LogP contribution >= 0.6 is 35.0 Å². The molecule has 5 nitrogen and oxygen atoms in total. The molecule has 0 heterocycles. The highest BCUT2D eigenvalue weighted by molar-refractivity contribution is 8.00. The molecule has 0 radical (unpaired) electrons. The van der Waals surface area contributed by atoms with Crippen LogP contribution < -0.4 is 10.1 Å². The Labute approximate surface area is 202 Å². The Morgan fingerprint density at radius 1 is 1.12 bits per heavy atom. The van der Waals surface area contributed by atoms with Gasteiger partial charge in [0.15, 0.2) is 0 Å². The maximum absolute atomic E-state index is 12.1. The fraction of sp³-hybridized carbons (Fsp3) is 0.333. The zero-order chi connectivity index (χ0) is 23.3. The second-order valence-corrected chi connectivity index (χ2v) is 8.99. The maximum Gasteiger partial charge on any atom is 0.316 e. The van der Waals surface area contributed by atoms with Crippen molar-refractivity contribution in [1.29, 1.82) is 0 Å². The van der Waals surface area contributed by atoms with Gasteiger partial charge in [-0.05, 0) is 68.1 Å². The van der Waals surface area contributed by atoms with Crippen molar-refractivity contribution in [2.75, 3.05) is 13.2 Å². The third-order valence-corrected chi connectivity index (χ3v) is 6.43. The number of benzene rings is 2. The van der Waals surface area contributed by atoms with Crippen molar-refractivity contribution in [3.8, 4) is 17.6 Å². The molecular formula is C24H25Cl2NO4S. The maximum atomic E-state index is 12.1. The van der Waals surface area contributed by atoms with Crippen molar-refractivity contribution < 1.29 is 19.4 Å². The molecule has 1 unspecified atom stereocenters. The number of hydrogen-bond donors (Lipinski definition) is 2. The molecule has 0 saturated heterocycles. The van der Waals surface area contributed by atoms with Gasteiger partial charge in [0.1, 0.15) is 17.6 Å². The monoisotopic (exact) mass is 493 g/mol. The van der Waals surface area contributed by atoms with Crippen molar-refractivity contribution in [3.63, 3.8) is 0 Å². The Morgan fingerprint density at radius 3 is 2.53 bits per heavy atom. The minimum atomic E-state index is -0.850. The summed E-state index contributed by atoms with van der Waals surface area (Å²) in [5.74, 6) is 5.32. The Hall–Kier alpha value is -2.33. The second kappa shape index (κ2) is 13.9. The molecule has 0 bridgehead atoms. The predicted molar refractivity (Wildman–Crippen MR) is 130 cm³/mol. The Bertz CT molecular complexity index is 970. The summed E-state index contributed by atoms with van der Waals surface area (Å²) in [5.41, 5.74) is 0.786. The van der Waals surface area contributed by atoms with Gasteiger partial charge in [-0.25, -0.2) is 0 Å². The number of thioether (sulfide) groups is 1. The number of carbonyl (C=O) groups excluding carboxylic acids is 1. The Balaban J connectivity index is 1.71. The molecule has 2 aromatic carbocycles. The lowest BCUT2D eigenvalue weighted by Crippen LogP contribution is -2.26. The number of rotatable bonds is 12. The van der Waals surface area contributed by atoms with Gasteiger partial charge >= 0.3 is 5.97 Å². The van der Waals surface area contributed by atoms with E-state index >= 15 is 0 Å². The van der Waals surface area contributed by atoms with Crippen molar-refractivity contribution in [2.45, 2.75) is 42.8 Å². The van der Waals surface area contributed by atoms with Crippen LogP contribution in [0.3, 0.4) is 0 Å². The number of hydrogen-bond acceptors (Lipinski definition) is 4. The van der Waals surface area contributed by atoms with Gasteiger partial charge in [-0.3, -0.25) is 9.59 Å². The average molecular weight is 494 g/mol. The summed E-state index contributed by atoms with van der Waals surface area (Å²) in [6.45, 7) is 2.56. The first-order chi connectivity index (χ1) is 15.4. The Morgan fingerprint density at radius 2 is 1.88 bits per heavy atom. The lowest BCUT2D eigenvalue weighted by molar-refractivity contribution is -0.136. The summed E-state index contributed by atoms with van der Waals surface area (Å²) >= 11 is 13.2. The number of unbranched alkanes of at least 4 members (excludes halogenated alkanes) is 1. The van der Waals surface area contributed by atoms with Gasteiger partial charge in [0, 0.05) is 11.4 Å². The standard InChI is InChI=1S/C24H25Cl2NO4S/c1-2-3-14-31-18-8-10-19(11-9-18)32-22(24(29)30)6-4-5-13-27-23(28)16-17-7-12-20(25)21(26)15-17/h7-12,15,22H,4-6,13-14,16H2,1H3,(H,27,28)(H,29,30). The van der Waals surface area contributed by atoms with E-state index in [9.17, 15) is 14.7 Å². The molecule has 170 valence electrons. The van der Waals surface area contributed by atoms with Gasteiger partial charge in [0.2, 0.25) is 5.91 Å². The van der Waals surface area contributed by atoms with E-state index in [1.54, 1.807) is 25.1 Å². The van der Waals surface area contributed by atoms with Crippen molar-refractivity contribution in [1.82, 2.24) is 5.32 Å². The van der Waals surface area contributed by atoms with E-state index < -0.39 is 11.2 Å². The summed E-state index contributed by atoms with van der Waals surface area (Å²) in [4.78, 5) is 24.5. The number of carboxylic acids is 1. The zero-order valence-corrected chi connectivity index (χ0v) is 20.0. The second-order valence-electron chi connectivity index (χ2n) is 6.90. The minimum absolute atomic E-state index is 0.111. The quantitative estimate of drug-likeness (QED) is 0.233. The van der Waals surface area contributed by atoms with Crippen LogP contribution in [-0.4, -0.2) is 35.4 Å².